The van der Waals surface area contributed by atoms with Crippen LogP contribution in [0, 0.1) is 6.92 Å². The van der Waals surface area contributed by atoms with Gasteiger partial charge in [0, 0.05) is 19.3 Å². The van der Waals surface area contributed by atoms with E-state index in [9.17, 15) is 9.59 Å². The fourth-order valence-electron chi connectivity index (χ4n) is 2.38. The second-order valence-electron chi connectivity index (χ2n) is 5.49. The van der Waals surface area contributed by atoms with Crippen molar-refractivity contribution in [2.45, 2.75) is 27.2 Å². The van der Waals surface area contributed by atoms with Crippen LogP contribution in [-0.4, -0.2) is 30.2 Å². The molecule has 1 N–H and O–H groups in total. The first-order chi connectivity index (χ1) is 12.0. The van der Waals surface area contributed by atoms with Crippen LogP contribution in [0.1, 0.15) is 34.8 Å². The van der Waals surface area contributed by atoms with Gasteiger partial charge in [0.05, 0.1) is 13.2 Å². The highest BCUT2D eigenvalue weighted by molar-refractivity contribution is 7.11. The van der Waals surface area contributed by atoms with Crippen molar-refractivity contribution >= 4 is 17.2 Å². The average molecular weight is 364 g/mol. The highest BCUT2D eigenvalue weighted by Gasteiger charge is 2.15. The Morgan fingerprint density at radius 3 is 2.48 bits per heavy atom. The molecule has 0 saturated carbocycles. The van der Waals surface area contributed by atoms with E-state index in [1.54, 1.807) is 14.0 Å². The van der Waals surface area contributed by atoms with Crippen LogP contribution in [0.3, 0.4) is 0 Å². The molecule has 0 unspecified atom stereocenters. The second kappa shape index (κ2) is 8.71. The zero-order valence-electron chi connectivity index (χ0n) is 15.0. The minimum atomic E-state index is -0.212. The van der Waals surface area contributed by atoms with Gasteiger partial charge in [-0.1, -0.05) is 17.4 Å². The molecule has 7 heteroatoms. The van der Waals surface area contributed by atoms with E-state index < -0.39 is 0 Å². The number of benzene rings is 1. The van der Waals surface area contributed by atoms with Gasteiger partial charge in [-0.25, -0.2) is 0 Å². The SMILES string of the molecule is CCOc1ccc(CCNC(=O)c2sc(=O)n(C)c2C)cc1OCC. The Hall–Kier alpha value is -2.28. The lowest BCUT2D eigenvalue weighted by Crippen LogP contribution is -2.25. The van der Waals surface area contributed by atoms with Crippen molar-refractivity contribution in [1.82, 2.24) is 9.88 Å². The maximum Gasteiger partial charge on any atom is 0.307 e. The Bertz CT molecular complexity index is 795. The number of hydrogen-bond donors (Lipinski definition) is 1. The summed E-state index contributed by atoms with van der Waals surface area (Å²) in [6.45, 7) is 7.25. The molecule has 1 amide bonds. The number of rotatable bonds is 8. The summed E-state index contributed by atoms with van der Waals surface area (Å²) in [5.74, 6) is 1.23. The molecule has 0 aliphatic rings. The summed E-state index contributed by atoms with van der Waals surface area (Å²) in [6, 6.07) is 5.79. The van der Waals surface area contributed by atoms with Gasteiger partial charge in [0.2, 0.25) is 0 Å². The van der Waals surface area contributed by atoms with Gasteiger partial charge in [-0.15, -0.1) is 0 Å². The molecule has 2 rings (SSSR count). The molecule has 0 spiro atoms. The smallest absolute Gasteiger partial charge is 0.307 e. The quantitative estimate of drug-likeness (QED) is 0.781. The third kappa shape index (κ3) is 4.63. The van der Waals surface area contributed by atoms with Crippen molar-refractivity contribution < 1.29 is 14.3 Å². The van der Waals surface area contributed by atoms with E-state index in [0.717, 1.165) is 22.6 Å². The number of nitrogens with one attached hydrogen (secondary N) is 1. The maximum absolute atomic E-state index is 12.2. The Kier molecular flexibility index (Phi) is 6.64. The van der Waals surface area contributed by atoms with E-state index >= 15 is 0 Å². The van der Waals surface area contributed by atoms with E-state index in [0.29, 0.717) is 42.5 Å². The average Bonchev–Trinajstić information content (AvgIpc) is 2.85. The van der Waals surface area contributed by atoms with E-state index in [1.165, 1.54) is 4.57 Å². The summed E-state index contributed by atoms with van der Waals surface area (Å²) in [5.41, 5.74) is 1.73. The number of carbonyl (C=O) groups excluding carboxylic acids is 1. The predicted molar refractivity (Wildman–Crippen MR) is 99.1 cm³/mol. The summed E-state index contributed by atoms with van der Waals surface area (Å²) in [4.78, 5) is 24.2. The highest BCUT2D eigenvalue weighted by atomic mass is 32.1. The van der Waals surface area contributed by atoms with Crippen LogP contribution >= 0.6 is 11.3 Å². The van der Waals surface area contributed by atoms with Crippen LogP contribution < -0.4 is 19.7 Å². The zero-order valence-corrected chi connectivity index (χ0v) is 15.9. The van der Waals surface area contributed by atoms with Crippen molar-refractivity contribution in [3.8, 4) is 11.5 Å². The predicted octanol–water partition coefficient (Wildman–Crippen LogP) is 2.53. The zero-order chi connectivity index (χ0) is 18.4. The molecule has 0 aliphatic heterocycles. The summed E-state index contributed by atoms with van der Waals surface area (Å²) in [7, 11) is 1.67. The molecule has 1 aromatic carbocycles. The number of amides is 1. The number of nitrogens with zero attached hydrogens (tertiary/aromatic N) is 1. The summed E-state index contributed by atoms with van der Waals surface area (Å²) in [5, 5.41) is 2.87. The fraction of sp³-hybridized carbons (Fsp3) is 0.444. The van der Waals surface area contributed by atoms with E-state index in [1.807, 2.05) is 32.0 Å². The van der Waals surface area contributed by atoms with Gasteiger partial charge in [-0.3, -0.25) is 9.59 Å². The summed E-state index contributed by atoms with van der Waals surface area (Å²) in [6.07, 6.45) is 0.666. The van der Waals surface area contributed by atoms with Gasteiger partial charge in [-0.2, -0.15) is 0 Å². The number of aromatic nitrogens is 1. The number of carbonyl (C=O) groups is 1. The monoisotopic (exact) mass is 364 g/mol. The minimum Gasteiger partial charge on any atom is -0.490 e. The molecule has 0 bridgehead atoms. The van der Waals surface area contributed by atoms with Gasteiger partial charge >= 0.3 is 4.87 Å². The molecule has 2 aromatic rings. The minimum absolute atomic E-state index is 0.129. The van der Waals surface area contributed by atoms with Crippen LogP contribution in [0.15, 0.2) is 23.0 Å². The lowest BCUT2D eigenvalue weighted by molar-refractivity contribution is 0.0957. The molecule has 1 heterocycles. The largest absolute Gasteiger partial charge is 0.490 e. The standard InChI is InChI=1S/C18H24N2O4S/c1-5-23-14-8-7-13(11-15(14)24-6-2)9-10-19-17(21)16-12(3)20(4)18(22)25-16/h7-8,11H,5-6,9-10H2,1-4H3,(H,19,21). The van der Waals surface area contributed by atoms with Crippen LogP contribution in [0.25, 0.3) is 0 Å². The molecule has 136 valence electrons. The van der Waals surface area contributed by atoms with E-state index in [2.05, 4.69) is 5.32 Å². The first kappa shape index (κ1) is 19.1. The van der Waals surface area contributed by atoms with Gasteiger partial charge in [0.25, 0.3) is 5.91 Å². The number of hydrogen-bond acceptors (Lipinski definition) is 5. The van der Waals surface area contributed by atoms with Gasteiger partial charge in [0.1, 0.15) is 4.88 Å². The lowest BCUT2D eigenvalue weighted by atomic mass is 10.1. The molecule has 0 atom stereocenters. The van der Waals surface area contributed by atoms with Crippen LogP contribution in [0.5, 0.6) is 11.5 Å². The van der Waals surface area contributed by atoms with Crippen molar-refractivity contribution in [2.75, 3.05) is 19.8 Å². The molecular formula is C18H24N2O4S. The Balaban J connectivity index is 1.99. The molecule has 0 fully saturated rings. The van der Waals surface area contributed by atoms with Crippen molar-refractivity contribution in [1.29, 1.82) is 0 Å². The Morgan fingerprint density at radius 1 is 1.20 bits per heavy atom. The molecule has 0 radical (unpaired) electrons. The number of ether oxygens (including phenoxy) is 2. The molecule has 6 nitrogen and oxygen atoms in total. The van der Waals surface area contributed by atoms with Gasteiger partial charge < -0.3 is 19.4 Å². The fourth-order valence-corrected chi connectivity index (χ4v) is 3.28. The van der Waals surface area contributed by atoms with Crippen LogP contribution in [0.2, 0.25) is 0 Å². The summed E-state index contributed by atoms with van der Waals surface area (Å²) < 4.78 is 12.6. The third-order valence-corrected chi connectivity index (χ3v) is 4.94. The first-order valence-corrected chi connectivity index (χ1v) is 9.12. The van der Waals surface area contributed by atoms with Crippen LogP contribution in [0.4, 0.5) is 0 Å². The first-order valence-electron chi connectivity index (χ1n) is 8.31. The van der Waals surface area contributed by atoms with Gasteiger partial charge in [0.15, 0.2) is 11.5 Å². The normalized spacial score (nSPS) is 10.6. The molecule has 0 saturated heterocycles. The topological polar surface area (TPSA) is 69.6 Å². The lowest BCUT2D eigenvalue weighted by Gasteiger charge is -2.12. The molecule has 1 aromatic heterocycles. The molecular weight excluding hydrogens is 340 g/mol. The highest BCUT2D eigenvalue weighted by Crippen LogP contribution is 2.28. The third-order valence-electron chi connectivity index (χ3n) is 3.81. The van der Waals surface area contributed by atoms with E-state index in [4.69, 9.17) is 9.47 Å². The molecule has 0 aliphatic carbocycles. The van der Waals surface area contributed by atoms with E-state index in [-0.39, 0.29) is 10.8 Å². The van der Waals surface area contributed by atoms with Crippen molar-refractivity contribution in [3.63, 3.8) is 0 Å². The van der Waals surface area contributed by atoms with Gasteiger partial charge in [-0.05, 0) is 44.9 Å². The van der Waals surface area contributed by atoms with Crippen molar-refractivity contribution in [3.05, 3.63) is 44.0 Å². The van der Waals surface area contributed by atoms with Crippen molar-refractivity contribution in [2.24, 2.45) is 7.05 Å². The Morgan fingerprint density at radius 2 is 1.88 bits per heavy atom. The van der Waals surface area contributed by atoms with Crippen LogP contribution in [-0.2, 0) is 13.5 Å². The molecule has 25 heavy (non-hydrogen) atoms. The Labute approximate surface area is 151 Å². The maximum atomic E-state index is 12.2. The number of thiazole rings is 1. The second-order valence-corrected chi connectivity index (χ2v) is 6.46. The summed E-state index contributed by atoms with van der Waals surface area (Å²) >= 11 is 0.971.